The van der Waals surface area contributed by atoms with Gasteiger partial charge in [-0.25, -0.2) is 13.4 Å². The lowest BCUT2D eigenvalue weighted by molar-refractivity contribution is 0.454. The van der Waals surface area contributed by atoms with Gasteiger partial charge in [-0.3, -0.25) is 0 Å². The van der Waals surface area contributed by atoms with E-state index in [2.05, 4.69) is 4.98 Å². The first-order valence-corrected chi connectivity index (χ1v) is 3.99. The van der Waals surface area contributed by atoms with E-state index >= 15 is 0 Å². The molecule has 4 nitrogen and oxygen atoms in total. The van der Waals surface area contributed by atoms with Crippen LogP contribution in [0.3, 0.4) is 0 Å². The SMILES string of the molecule is O=S(=O)([O-])c1cccc(F)n1. The molecule has 11 heavy (non-hydrogen) atoms. The highest BCUT2D eigenvalue weighted by molar-refractivity contribution is 7.85. The van der Waals surface area contributed by atoms with Crippen LogP contribution in [-0.2, 0) is 10.1 Å². The van der Waals surface area contributed by atoms with Crippen LogP contribution in [0.25, 0.3) is 0 Å². The van der Waals surface area contributed by atoms with Gasteiger partial charge in [-0.2, -0.15) is 4.39 Å². The van der Waals surface area contributed by atoms with Crippen molar-refractivity contribution < 1.29 is 17.4 Å². The van der Waals surface area contributed by atoms with E-state index in [1.807, 2.05) is 0 Å². The second-order valence-corrected chi connectivity index (χ2v) is 3.08. The maximum absolute atomic E-state index is 12.2. The molecular weight excluding hydrogens is 173 g/mol. The van der Waals surface area contributed by atoms with Gasteiger partial charge < -0.3 is 4.55 Å². The summed E-state index contributed by atoms with van der Waals surface area (Å²) in [4.78, 5) is 2.88. The molecule has 0 amide bonds. The minimum absolute atomic E-state index is 0.794. The quantitative estimate of drug-likeness (QED) is 0.450. The third-order valence-electron chi connectivity index (χ3n) is 0.946. The van der Waals surface area contributed by atoms with Gasteiger partial charge in [-0.05, 0) is 12.1 Å². The Bertz CT molecular complexity index is 362. The predicted molar refractivity (Wildman–Crippen MR) is 32.2 cm³/mol. The molecular formula is C5H3FNO3S-. The predicted octanol–water partition coefficient (Wildman–Crippen LogP) is 0.125. The standard InChI is InChI=1S/C5H4FNO3S/c6-4-2-1-3-5(7-4)11(8,9)10/h1-3H,(H,8,9,10)/p-1. The van der Waals surface area contributed by atoms with Crippen LogP contribution in [0.2, 0.25) is 0 Å². The molecule has 0 N–H and O–H groups in total. The Labute approximate surface area is 62.4 Å². The minimum Gasteiger partial charge on any atom is -0.743 e. The third kappa shape index (κ3) is 1.95. The zero-order valence-corrected chi connectivity index (χ0v) is 6.01. The topological polar surface area (TPSA) is 70.1 Å². The molecule has 0 fully saturated rings. The van der Waals surface area contributed by atoms with Gasteiger partial charge in [-0.15, -0.1) is 0 Å². The van der Waals surface area contributed by atoms with Gasteiger partial charge in [0.2, 0.25) is 5.95 Å². The lowest BCUT2D eigenvalue weighted by Crippen LogP contribution is -2.02. The maximum atomic E-state index is 12.2. The Hall–Kier alpha value is -1.01. The van der Waals surface area contributed by atoms with E-state index in [0.717, 1.165) is 18.2 Å². The summed E-state index contributed by atoms with van der Waals surface area (Å²) in [6.07, 6.45) is 0. The number of hydrogen-bond donors (Lipinski definition) is 0. The zero-order valence-electron chi connectivity index (χ0n) is 5.19. The zero-order chi connectivity index (χ0) is 8.48. The molecule has 0 saturated heterocycles. The van der Waals surface area contributed by atoms with E-state index in [9.17, 15) is 17.4 Å². The van der Waals surface area contributed by atoms with Gasteiger partial charge in [0.25, 0.3) is 0 Å². The Balaban J connectivity index is 3.28. The molecule has 0 unspecified atom stereocenters. The minimum atomic E-state index is -4.63. The fourth-order valence-electron chi connectivity index (χ4n) is 0.529. The lowest BCUT2D eigenvalue weighted by atomic mass is 10.5. The highest BCUT2D eigenvalue weighted by Crippen LogP contribution is 2.03. The molecule has 0 saturated carbocycles. The number of halogens is 1. The molecule has 6 heteroatoms. The fourth-order valence-corrected chi connectivity index (χ4v) is 0.973. The molecule has 0 aliphatic carbocycles. The van der Waals surface area contributed by atoms with Crippen LogP contribution in [0.15, 0.2) is 23.2 Å². The van der Waals surface area contributed by atoms with Crippen LogP contribution >= 0.6 is 0 Å². The molecule has 0 radical (unpaired) electrons. The van der Waals surface area contributed by atoms with Crippen LogP contribution in [0.1, 0.15) is 0 Å². The van der Waals surface area contributed by atoms with Crippen LogP contribution in [0.4, 0.5) is 4.39 Å². The lowest BCUT2D eigenvalue weighted by Gasteiger charge is -2.03. The maximum Gasteiger partial charge on any atom is 0.214 e. The van der Waals surface area contributed by atoms with Gasteiger partial charge in [-0.1, -0.05) is 6.07 Å². The monoisotopic (exact) mass is 176 g/mol. The molecule has 1 heterocycles. The number of aromatic nitrogens is 1. The van der Waals surface area contributed by atoms with Crippen molar-refractivity contribution in [2.75, 3.05) is 0 Å². The van der Waals surface area contributed by atoms with E-state index in [4.69, 9.17) is 0 Å². The molecule has 60 valence electrons. The van der Waals surface area contributed by atoms with E-state index < -0.39 is 21.1 Å². The summed E-state index contributed by atoms with van der Waals surface area (Å²) in [7, 11) is -4.63. The van der Waals surface area contributed by atoms with Gasteiger partial charge in [0, 0.05) is 0 Å². The van der Waals surface area contributed by atoms with Crippen LogP contribution in [-0.4, -0.2) is 18.0 Å². The van der Waals surface area contributed by atoms with Crippen LogP contribution in [0.5, 0.6) is 0 Å². The van der Waals surface area contributed by atoms with Crippen molar-refractivity contribution in [1.29, 1.82) is 0 Å². The van der Waals surface area contributed by atoms with Gasteiger partial charge in [0.15, 0.2) is 0 Å². The van der Waals surface area contributed by atoms with E-state index in [0.29, 0.717) is 0 Å². The molecule has 0 aliphatic heterocycles. The first kappa shape index (κ1) is 8.09. The summed E-state index contributed by atoms with van der Waals surface area (Å²) in [5.74, 6) is -0.984. The smallest absolute Gasteiger partial charge is 0.214 e. The number of pyridine rings is 1. The van der Waals surface area contributed by atoms with Gasteiger partial charge in [0.1, 0.15) is 15.1 Å². The number of rotatable bonds is 1. The normalized spacial score (nSPS) is 11.5. The molecule has 0 atom stereocenters. The summed E-state index contributed by atoms with van der Waals surface area (Å²) >= 11 is 0. The molecule has 1 aromatic heterocycles. The van der Waals surface area contributed by atoms with Crippen molar-refractivity contribution in [2.45, 2.75) is 5.03 Å². The summed E-state index contributed by atoms with van der Waals surface area (Å²) in [6, 6.07) is 2.99. The molecule has 1 aromatic rings. The molecule has 0 spiro atoms. The van der Waals surface area contributed by atoms with Crippen molar-refractivity contribution in [3.8, 4) is 0 Å². The van der Waals surface area contributed by atoms with Gasteiger partial charge >= 0.3 is 0 Å². The van der Waals surface area contributed by atoms with Crippen LogP contribution < -0.4 is 0 Å². The van der Waals surface area contributed by atoms with Gasteiger partial charge in [0.05, 0.1) is 0 Å². The van der Waals surface area contributed by atoms with Crippen molar-refractivity contribution >= 4 is 10.1 Å². The summed E-state index contributed by atoms with van der Waals surface area (Å²) in [5, 5.41) is -0.794. The Morgan fingerprint density at radius 2 is 2.09 bits per heavy atom. The van der Waals surface area contributed by atoms with Crippen LogP contribution in [0, 0.1) is 5.95 Å². The molecule has 1 rings (SSSR count). The first-order chi connectivity index (χ1) is 5.00. The average molecular weight is 176 g/mol. The second-order valence-electron chi connectivity index (χ2n) is 1.75. The molecule has 0 aromatic carbocycles. The number of nitrogens with zero attached hydrogens (tertiary/aromatic N) is 1. The van der Waals surface area contributed by atoms with Crippen molar-refractivity contribution in [3.05, 3.63) is 24.1 Å². The summed E-state index contributed by atoms with van der Waals surface area (Å²) in [6.45, 7) is 0. The van der Waals surface area contributed by atoms with Crippen molar-refractivity contribution in [3.63, 3.8) is 0 Å². The largest absolute Gasteiger partial charge is 0.743 e. The second kappa shape index (κ2) is 2.55. The first-order valence-electron chi connectivity index (χ1n) is 2.58. The molecule has 0 bridgehead atoms. The number of hydrogen-bond acceptors (Lipinski definition) is 4. The fraction of sp³-hybridized carbons (Fsp3) is 0. The summed E-state index contributed by atoms with van der Waals surface area (Å²) in [5.41, 5.74) is 0. The van der Waals surface area contributed by atoms with E-state index in [1.165, 1.54) is 0 Å². The van der Waals surface area contributed by atoms with E-state index in [1.54, 1.807) is 0 Å². The highest BCUT2D eigenvalue weighted by atomic mass is 32.2. The average Bonchev–Trinajstić information content (AvgIpc) is 1.86. The van der Waals surface area contributed by atoms with Crippen molar-refractivity contribution in [1.82, 2.24) is 4.98 Å². The van der Waals surface area contributed by atoms with E-state index in [-0.39, 0.29) is 0 Å². The highest BCUT2D eigenvalue weighted by Gasteiger charge is 2.02. The van der Waals surface area contributed by atoms with Crippen molar-refractivity contribution in [2.24, 2.45) is 0 Å². The Morgan fingerprint density at radius 1 is 1.45 bits per heavy atom. The molecule has 0 aliphatic rings. The Morgan fingerprint density at radius 3 is 2.45 bits per heavy atom. The third-order valence-corrected chi connectivity index (χ3v) is 1.69. The summed E-state index contributed by atoms with van der Waals surface area (Å²) < 4.78 is 42.8. The Kier molecular flexibility index (Phi) is 1.88.